The monoisotopic (exact) mass is 373 g/mol. The van der Waals surface area contributed by atoms with Crippen molar-refractivity contribution in [2.24, 2.45) is 0 Å². The Balaban J connectivity index is 1.49. The summed E-state index contributed by atoms with van der Waals surface area (Å²) in [5, 5.41) is 0.808. The first kappa shape index (κ1) is 17.2. The molecule has 0 N–H and O–H groups in total. The first-order chi connectivity index (χ1) is 12.2. The summed E-state index contributed by atoms with van der Waals surface area (Å²) in [7, 11) is 2.21. The lowest BCUT2D eigenvalue weighted by molar-refractivity contribution is 0.153. The Labute approximate surface area is 159 Å². The summed E-state index contributed by atoms with van der Waals surface area (Å²) in [6, 6.07) is 14.9. The number of likely N-dealkylation sites (N-methyl/N-ethyl adjacent to an activating group) is 1. The van der Waals surface area contributed by atoms with Crippen LogP contribution in [-0.2, 0) is 0 Å². The second-order valence-corrected chi connectivity index (χ2v) is 8.35. The average Bonchev–Trinajstić information content (AvgIpc) is 2.62. The largest absolute Gasteiger partial charge is 0.340 e. The van der Waals surface area contributed by atoms with Gasteiger partial charge >= 0.3 is 0 Å². The number of hydrogen-bond acceptors (Lipinski definition) is 4. The van der Waals surface area contributed by atoms with Crippen LogP contribution < -0.4 is 4.90 Å². The molecule has 0 radical (unpaired) electrons. The highest BCUT2D eigenvalue weighted by Gasteiger charge is 2.23. The highest BCUT2D eigenvalue weighted by Crippen LogP contribution is 2.48. The number of anilines is 2. The summed E-state index contributed by atoms with van der Waals surface area (Å²) in [4.78, 5) is 10.0. The number of halogens is 1. The number of piperazine rings is 1. The third-order valence-electron chi connectivity index (χ3n) is 5.04. The SMILES string of the molecule is CN1CCN(CCCN2c3ccccc3Sc3cc(Cl)ccc32)CC1. The van der Waals surface area contributed by atoms with Gasteiger partial charge in [-0.05, 0) is 50.3 Å². The topological polar surface area (TPSA) is 9.72 Å². The van der Waals surface area contributed by atoms with Crippen molar-refractivity contribution >= 4 is 34.7 Å². The zero-order valence-electron chi connectivity index (χ0n) is 14.6. The predicted molar refractivity (Wildman–Crippen MR) is 108 cm³/mol. The molecule has 0 spiro atoms. The van der Waals surface area contributed by atoms with Gasteiger partial charge in [0.15, 0.2) is 0 Å². The molecule has 0 aromatic heterocycles. The van der Waals surface area contributed by atoms with Crippen molar-refractivity contribution in [3.63, 3.8) is 0 Å². The molecule has 25 heavy (non-hydrogen) atoms. The maximum atomic E-state index is 6.23. The van der Waals surface area contributed by atoms with Gasteiger partial charge in [-0.25, -0.2) is 0 Å². The van der Waals surface area contributed by atoms with Crippen molar-refractivity contribution in [2.75, 3.05) is 51.2 Å². The molecule has 0 atom stereocenters. The van der Waals surface area contributed by atoms with Crippen molar-refractivity contribution in [3.05, 3.63) is 47.5 Å². The van der Waals surface area contributed by atoms with Gasteiger partial charge in [-0.15, -0.1) is 0 Å². The molecule has 0 aliphatic carbocycles. The summed E-state index contributed by atoms with van der Waals surface area (Å²) in [6.07, 6.45) is 1.17. The number of fused-ring (bicyclic) bond motifs is 2. The molecule has 2 heterocycles. The number of hydrogen-bond donors (Lipinski definition) is 0. The molecule has 2 aromatic rings. The second-order valence-electron chi connectivity index (χ2n) is 6.83. The molecule has 2 aliphatic rings. The molecule has 1 saturated heterocycles. The van der Waals surface area contributed by atoms with E-state index >= 15 is 0 Å². The molecule has 132 valence electrons. The second kappa shape index (κ2) is 7.58. The van der Waals surface area contributed by atoms with Gasteiger partial charge < -0.3 is 14.7 Å². The van der Waals surface area contributed by atoms with Gasteiger partial charge in [0.05, 0.1) is 11.4 Å². The first-order valence-electron chi connectivity index (χ1n) is 8.95. The highest BCUT2D eigenvalue weighted by atomic mass is 35.5. The number of para-hydroxylation sites is 1. The maximum Gasteiger partial charge on any atom is 0.0553 e. The number of benzene rings is 2. The van der Waals surface area contributed by atoms with E-state index in [1.165, 1.54) is 60.3 Å². The van der Waals surface area contributed by atoms with Crippen molar-refractivity contribution in [2.45, 2.75) is 16.2 Å². The van der Waals surface area contributed by atoms with E-state index in [0.717, 1.165) is 11.6 Å². The fourth-order valence-corrected chi connectivity index (χ4v) is 4.94. The number of nitrogens with zero attached hydrogens (tertiary/aromatic N) is 3. The molecule has 0 saturated carbocycles. The Morgan fingerprint density at radius 3 is 2.52 bits per heavy atom. The normalized spacial score (nSPS) is 18.1. The van der Waals surface area contributed by atoms with Crippen molar-refractivity contribution in [1.82, 2.24) is 9.80 Å². The van der Waals surface area contributed by atoms with Gasteiger partial charge in [-0.1, -0.05) is 35.5 Å². The first-order valence-corrected chi connectivity index (χ1v) is 10.1. The van der Waals surface area contributed by atoms with Crippen molar-refractivity contribution in [1.29, 1.82) is 0 Å². The van der Waals surface area contributed by atoms with Crippen LogP contribution in [-0.4, -0.2) is 56.1 Å². The van der Waals surface area contributed by atoms with Crippen molar-refractivity contribution < 1.29 is 0 Å². The summed E-state index contributed by atoms with van der Waals surface area (Å²) in [6.45, 7) is 6.96. The molecule has 0 unspecified atom stereocenters. The smallest absolute Gasteiger partial charge is 0.0553 e. The van der Waals surface area contributed by atoms with E-state index in [2.05, 4.69) is 58.1 Å². The van der Waals surface area contributed by atoms with Crippen LogP contribution in [0.2, 0.25) is 5.02 Å². The molecule has 0 amide bonds. The molecule has 1 fully saturated rings. The van der Waals surface area contributed by atoms with E-state index in [-0.39, 0.29) is 0 Å². The number of rotatable bonds is 4. The molecular weight excluding hydrogens is 350 g/mol. The van der Waals surface area contributed by atoms with Crippen LogP contribution in [0.4, 0.5) is 11.4 Å². The van der Waals surface area contributed by atoms with Crippen molar-refractivity contribution in [3.8, 4) is 0 Å². The molecule has 3 nitrogen and oxygen atoms in total. The van der Waals surface area contributed by atoms with Crippen LogP contribution in [0.5, 0.6) is 0 Å². The lowest BCUT2D eigenvalue weighted by atomic mass is 10.2. The zero-order chi connectivity index (χ0) is 17.2. The van der Waals surface area contributed by atoms with Crippen LogP contribution >= 0.6 is 23.4 Å². The Morgan fingerprint density at radius 1 is 0.920 bits per heavy atom. The van der Waals surface area contributed by atoms with Gasteiger partial charge in [-0.3, -0.25) is 0 Å². The van der Waals surface area contributed by atoms with Crippen LogP contribution in [0, 0.1) is 0 Å². The van der Waals surface area contributed by atoms with Crippen LogP contribution in [0.1, 0.15) is 6.42 Å². The quantitative estimate of drug-likeness (QED) is 0.775. The third kappa shape index (κ3) is 3.82. The lowest BCUT2D eigenvalue weighted by Gasteiger charge is -2.35. The van der Waals surface area contributed by atoms with Gasteiger partial charge in [0.2, 0.25) is 0 Å². The van der Waals surface area contributed by atoms with E-state index in [4.69, 9.17) is 11.6 Å². The van der Waals surface area contributed by atoms with Crippen LogP contribution in [0.15, 0.2) is 52.3 Å². The minimum atomic E-state index is 0.808. The van der Waals surface area contributed by atoms with E-state index in [9.17, 15) is 0 Å². The van der Waals surface area contributed by atoms with E-state index in [1.807, 2.05) is 17.8 Å². The van der Waals surface area contributed by atoms with E-state index in [1.54, 1.807) is 0 Å². The Kier molecular flexibility index (Phi) is 5.23. The Morgan fingerprint density at radius 2 is 1.68 bits per heavy atom. The fraction of sp³-hybridized carbons (Fsp3) is 0.400. The predicted octanol–water partition coefficient (Wildman–Crippen LogP) is 4.58. The summed E-state index contributed by atoms with van der Waals surface area (Å²) in [5.41, 5.74) is 2.60. The molecule has 4 rings (SSSR count). The van der Waals surface area contributed by atoms with Gasteiger partial charge in [0.1, 0.15) is 0 Å². The summed E-state index contributed by atoms with van der Waals surface area (Å²) >= 11 is 8.05. The fourth-order valence-electron chi connectivity index (χ4n) is 3.57. The average molecular weight is 374 g/mol. The zero-order valence-corrected chi connectivity index (χ0v) is 16.2. The molecule has 2 aliphatic heterocycles. The molecule has 2 aromatic carbocycles. The third-order valence-corrected chi connectivity index (χ3v) is 6.39. The van der Waals surface area contributed by atoms with E-state index < -0.39 is 0 Å². The minimum absolute atomic E-state index is 0.808. The maximum absolute atomic E-state index is 6.23. The van der Waals surface area contributed by atoms with Crippen LogP contribution in [0.25, 0.3) is 0 Å². The summed E-state index contributed by atoms with van der Waals surface area (Å²) < 4.78 is 0. The Bertz CT molecular complexity index is 743. The van der Waals surface area contributed by atoms with Gasteiger partial charge in [-0.2, -0.15) is 0 Å². The lowest BCUT2D eigenvalue weighted by Crippen LogP contribution is -2.45. The Hall–Kier alpha value is -1.20. The molecule has 0 bridgehead atoms. The highest BCUT2D eigenvalue weighted by molar-refractivity contribution is 7.99. The van der Waals surface area contributed by atoms with Crippen LogP contribution in [0.3, 0.4) is 0 Å². The van der Waals surface area contributed by atoms with Gasteiger partial charge in [0, 0.05) is 47.5 Å². The summed E-state index contributed by atoms with van der Waals surface area (Å²) in [5.74, 6) is 0. The molecule has 5 heteroatoms. The molecular formula is C20H24ClN3S. The minimum Gasteiger partial charge on any atom is -0.340 e. The standard InChI is InChI=1S/C20H24ClN3S/c1-22-11-13-23(14-12-22)9-4-10-24-17-5-2-3-6-19(17)25-20-15-16(21)7-8-18(20)24/h2-3,5-8,15H,4,9-14H2,1H3. The van der Waals surface area contributed by atoms with Gasteiger partial charge in [0.25, 0.3) is 0 Å². The van der Waals surface area contributed by atoms with E-state index in [0.29, 0.717) is 0 Å².